The number of rotatable bonds is 5. The lowest BCUT2D eigenvalue weighted by atomic mass is 9.98. The molecule has 1 aromatic rings. The summed E-state index contributed by atoms with van der Waals surface area (Å²) in [5.74, 6) is 0.209. The van der Waals surface area contributed by atoms with E-state index in [0.717, 1.165) is 49.8 Å². The highest BCUT2D eigenvalue weighted by molar-refractivity contribution is 7.89. The summed E-state index contributed by atoms with van der Waals surface area (Å²) in [4.78, 5) is 14.9. The molecule has 0 spiro atoms. The first-order chi connectivity index (χ1) is 12.8. The number of ether oxygens (including phenoxy) is 1. The number of sulfonamides is 1. The van der Waals surface area contributed by atoms with Crippen LogP contribution >= 0.6 is 0 Å². The number of hydrogen-bond acceptors (Lipinski definition) is 4. The number of carbonyl (C=O) groups is 1. The van der Waals surface area contributed by atoms with Crippen molar-refractivity contribution in [2.45, 2.75) is 56.5 Å². The molecule has 1 saturated carbocycles. The van der Waals surface area contributed by atoms with Crippen molar-refractivity contribution < 1.29 is 17.9 Å². The molecule has 0 N–H and O–H groups in total. The van der Waals surface area contributed by atoms with Crippen LogP contribution in [0.2, 0.25) is 0 Å². The molecule has 7 heteroatoms. The van der Waals surface area contributed by atoms with Crippen LogP contribution < -0.4 is 0 Å². The van der Waals surface area contributed by atoms with Crippen LogP contribution in [0.1, 0.15) is 43.7 Å². The van der Waals surface area contributed by atoms with Crippen LogP contribution in [-0.4, -0.2) is 56.4 Å². The number of fused-ring (bicyclic) bond motifs is 1. The maximum Gasteiger partial charge on any atom is 0.243 e. The molecule has 4 rings (SSSR count). The molecule has 2 aliphatic heterocycles. The lowest BCUT2D eigenvalue weighted by molar-refractivity contribution is -0.137. The van der Waals surface area contributed by atoms with Crippen molar-refractivity contribution in [3.05, 3.63) is 29.3 Å². The normalized spacial score (nSPS) is 24.7. The lowest BCUT2D eigenvalue weighted by Gasteiger charge is -2.31. The van der Waals surface area contributed by atoms with Gasteiger partial charge in [0.25, 0.3) is 0 Å². The molecule has 0 aromatic heterocycles. The van der Waals surface area contributed by atoms with Gasteiger partial charge in [-0.2, -0.15) is 4.31 Å². The molecule has 0 bridgehead atoms. The molecule has 6 nitrogen and oxygen atoms in total. The summed E-state index contributed by atoms with van der Waals surface area (Å²) in [6.45, 7) is 4.21. The molecule has 148 valence electrons. The van der Waals surface area contributed by atoms with E-state index in [9.17, 15) is 13.2 Å². The third kappa shape index (κ3) is 3.41. The fourth-order valence-corrected chi connectivity index (χ4v) is 6.00. The van der Waals surface area contributed by atoms with E-state index in [4.69, 9.17) is 4.74 Å². The molecular formula is C20H28N2O4S. The Morgan fingerprint density at radius 3 is 2.74 bits per heavy atom. The van der Waals surface area contributed by atoms with Gasteiger partial charge in [-0.25, -0.2) is 8.42 Å². The zero-order valence-electron chi connectivity index (χ0n) is 16.1. The van der Waals surface area contributed by atoms with Crippen molar-refractivity contribution in [1.29, 1.82) is 0 Å². The second kappa shape index (κ2) is 6.87. The monoisotopic (exact) mass is 392 g/mol. The number of amides is 1. The molecule has 2 fully saturated rings. The van der Waals surface area contributed by atoms with Crippen molar-refractivity contribution >= 4 is 15.9 Å². The Kier molecular flexibility index (Phi) is 4.81. The Balaban J connectivity index is 1.58. The molecule has 1 amide bonds. The maximum absolute atomic E-state index is 13.2. The quantitative estimate of drug-likeness (QED) is 0.770. The lowest BCUT2D eigenvalue weighted by Crippen LogP contribution is -2.40. The Labute approximate surface area is 161 Å². The van der Waals surface area contributed by atoms with E-state index >= 15 is 0 Å². The maximum atomic E-state index is 13.2. The molecule has 1 aromatic carbocycles. The Bertz CT molecular complexity index is 848. The van der Waals surface area contributed by atoms with Gasteiger partial charge in [0.1, 0.15) is 0 Å². The van der Waals surface area contributed by atoms with Gasteiger partial charge in [-0.05, 0) is 55.4 Å². The molecule has 1 aliphatic carbocycles. The van der Waals surface area contributed by atoms with Gasteiger partial charge in [0, 0.05) is 38.2 Å². The highest BCUT2D eigenvalue weighted by atomic mass is 32.2. The number of benzene rings is 1. The Morgan fingerprint density at radius 2 is 2.04 bits per heavy atom. The average Bonchev–Trinajstić information content (AvgIpc) is 3.23. The molecule has 3 aliphatic rings. The van der Waals surface area contributed by atoms with E-state index in [0.29, 0.717) is 24.6 Å². The minimum absolute atomic E-state index is 0.0936. The number of carbonyl (C=O) groups excluding carboxylic acids is 1. The van der Waals surface area contributed by atoms with E-state index in [1.165, 1.54) is 0 Å². The molecule has 1 atom stereocenters. The van der Waals surface area contributed by atoms with E-state index < -0.39 is 10.0 Å². The van der Waals surface area contributed by atoms with Gasteiger partial charge in [-0.1, -0.05) is 13.0 Å². The van der Waals surface area contributed by atoms with Gasteiger partial charge in [0.2, 0.25) is 15.9 Å². The minimum Gasteiger partial charge on any atom is -0.383 e. The van der Waals surface area contributed by atoms with Crippen LogP contribution in [0, 0.1) is 5.41 Å². The van der Waals surface area contributed by atoms with E-state index in [2.05, 4.69) is 0 Å². The smallest absolute Gasteiger partial charge is 0.243 e. The van der Waals surface area contributed by atoms with Gasteiger partial charge in [0.05, 0.1) is 11.5 Å². The highest BCUT2D eigenvalue weighted by Crippen LogP contribution is 2.47. The summed E-state index contributed by atoms with van der Waals surface area (Å²) < 4.78 is 33.1. The summed E-state index contributed by atoms with van der Waals surface area (Å²) in [7, 11) is -1.94. The van der Waals surface area contributed by atoms with E-state index in [-0.39, 0.29) is 17.4 Å². The minimum atomic E-state index is -3.55. The van der Waals surface area contributed by atoms with Gasteiger partial charge >= 0.3 is 0 Å². The fraction of sp³-hybridized carbons (Fsp3) is 0.650. The van der Waals surface area contributed by atoms with E-state index in [1.54, 1.807) is 23.5 Å². The highest BCUT2D eigenvalue weighted by Gasteiger charge is 2.47. The van der Waals surface area contributed by atoms with E-state index in [1.807, 2.05) is 17.9 Å². The van der Waals surface area contributed by atoms with Crippen molar-refractivity contribution in [2.24, 2.45) is 5.41 Å². The molecular weight excluding hydrogens is 364 g/mol. The molecule has 27 heavy (non-hydrogen) atoms. The van der Waals surface area contributed by atoms with Crippen LogP contribution in [0.25, 0.3) is 0 Å². The molecule has 1 unspecified atom stereocenters. The van der Waals surface area contributed by atoms with Crippen molar-refractivity contribution in [3.63, 3.8) is 0 Å². The number of hydrogen-bond donors (Lipinski definition) is 0. The van der Waals surface area contributed by atoms with Crippen molar-refractivity contribution in [2.75, 3.05) is 26.8 Å². The fourth-order valence-electron chi connectivity index (χ4n) is 4.27. The van der Waals surface area contributed by atoms with Gasteiger partial charge < -0.3 is 9.64 Å². The van der Waals surface area contributed by atoms with Gasteiger partial charge in [0.15, 0.2) is 0 Å². The van der Waals surface area contributed by atoms with Crippen LogP contribution in [0.3, 0.4) is 0 Å². The summed E-state index contributed by atoms with van der Waals surface area (Å²) in [5.41, 5.74) is 1.92. The largest absolute Gasteiger partial charge is 0.383 e. The van der Waals surface area contributed by atoms with Gasteiger partial charge in [-0.15, -0.1) is 0 Å². The topological polar surface area (TPSA) is 66.9 Å². The summed E-state index contributed by atoms with van der Waals surface area (Å²) in [6.07, 6.45) is 4.39. The number of nitrogens with zero attached hydrogens (tertiary/aromatic N) is 2. The molecule has 0 radical (unpaired) electrons. The predicted octanol–water partition coefficient (Wildman–Crippen LogP) is 2.17. The third-order valence-electron chi connectivity index (χ3n) is 6.28. The first-order valence-electron chi connectivity index (χ1n) is 9.77. The second-order valence-corrected chi connectivity index (χ2v) is 10.2. The van der Waals surface area contributed by atoms with Crippen molar-refractivity contribution in [3.8, 4) is 0 Å². The Morgan fingerprint density at radius 1 is 1.26 bits per heavy atom. The molecule has 1 saturated heterocycles. The summed E-state index contributed by atoms with van der Waals surface area (Å²) in [5, 5.41) is 0. The first kappa shape index (κ1) is 18.9. The predicted molar refractivity (Wildman–Crippen MR) is 102 cm³/mol. The summed E-state index contributed by atoms with van der Waals surface area (Å²) in [6, 6.07) is 5.32. The second-order valence-electron chi connectivity index (χ2n) is 8.34. The van der Waals surface area contributed by atoms with Crippen LogP contribution in [0.4, 0.5) is 0 Å². The summed E-state index contributed by atoms with van der Waals surface area (Å²) >= 11 is 0. The van der Waals surface area contributed by atoms with Crippen molar-refractivity contribution in [1.82, 2.24) is 9.21 Å². The standard InChI is InChI=1S/C20H28N2O4S/c1-20(8-9-20)19(23)21-11-7-15-5-6-18(12-16(15)13-21)27(24,25)22-10-3-4-17(22)14-26-2/h5-6,12,17H,3-4,7-11,13-14H2,1-2H3. The van der Waals surface area contributed by atoms with Gasteiger partial charge in [-0.3, -0.25) is 4.79 Å². The van der Waals surface area contributed by atoms with Crippen LogP contribution in [0.5, 0.6) is 0 Å². The SMILES string of the molecule is COCC1CCCN1S(=O)(=O)c1ccc2c(c1)CN(C(=O)C1(C)CC1)CC2. The third-order valence-corrected chi connectivity index (χ3v) is 8.23. The number of methoxy groups -OCH3 is 1. The first-order valence-corrected chi connectivity index (χ1v) is 11.2. The average molecular weight is 393 g/mol. The van der Waals surface area contributed by atoms with Crippen LogP contribution in [-0.2, 0) is 32.5 Å². The molecule has 2 heterocycles. The Hall–Kier alpha value is -1.44. The van der Waals surface area contributed by atoms with Crippen LogP contribution in [0.15, 0.2) is 23.1 Å². The zero-order chi connectivity index (χ0) is 19.2. The zero-order valence-corrected chi connectivity index (χ0v) is 16.9.